The van der Waals surface area contributed by atoms with E-state index in [0.717, 1.165) is 6.61 Å². The highest BCUT2D eigenvalue weighted by Gasteiger charge is 2.47. The molecule has 2 nitrogen and oxygen atoms in total. The van der Waals surface area contributed by atoms with Crippen molar-refractivity contribution in [2.24, 2.45) is 0 Å². The molecule has 1 saturated heterocycles. The molecule has 0 unspecified atom stereocenters. The molecular formula is C8H15NO. The molecule has 2 aliphatic rings. The lowest BCUT2D eigenvalue weighted by Gasteiger charge is -2.10. The molecule has 1 N–H and O–H groups in total. The first-order valence-corrected chi connectivity index (χ1v) is 4.11. The summed E-state index contributed by atoms with van der Waals surface area (Å²) in [5.41, 5.74) is 0.587. The van der Waals surface area contributed by atoms with Crippen molar-refractivity contribution < 1.29 is 4.74 Å². The first kappa shape index (κ1) is 6.62. The molecule has 10 heavy (non-hydrogen) atoms. The molecule has 0 aromatic carbocycles. The molecule has 1 saturated carbocycles. The second kappa shape index (κ2) is 2.21. The summed E-state index contributed by atoms with van der Waals surface area (Å²) in [6.07, 6.45) is 5.48. The minimum Gasteiger partial charge on any atom is -0.383 e. The number of hydrogen-bond acceptors (Lipinski definition) is 2. The maximum absolute atomic E-state index is 5.08. The van der Waals surface area contributed by atoms with Gasteiger partial charge in [-0.15, -0.1) is 0 Å². The minimum atomic E-state index is 0.587. The monoisotopic (exact) mass is 141 g/mol. The maximum Gasteiger partial charge on any atom is 0.0616 e. The van der Waals surface area contributed by atoms with Gasteiger partial charge in [-0.2, -0.15) is 0 Å². The fourth-order valence-corrected chi connectivity index (χ4v) is 1.90. The third-order valence-corrected chi connectivity index (χ3v) is 2.70. The highest BCUT2D eigenvalue weighted by molar-refractivity contribution is 5.08. The largest absolute Gasteiger partial charge is 0.383 e. The molecule has 1 aliphatic heterocycles. The van der Waals surface area contributed by atoms with E-state index in [2.05, 4.69) is 5.32 Å². The Labute approximate surface area is 61.9 Å². The highest BCUT2D eigenvalue weighted by atomic mass is 16.5. The van der Waals surface area contributed by atoms with Crippen molar-refractivity contribution >= 4 is 0 Å². The zero-order valence-electron chi connectivity index (χ0n) is 6.52. The first-order chi connectivity index (χ1) is 4.85. The number of rotatable bonds is 2. The van der Waals surface area contributed by atoms with Gasteiger partial charge in [0.1, 0.15) is 0 Å². The average molecular weight is 141 g/mol. The van der Waals surface area contributed by atoms with Crippen molar-refractivity contribution in [1.29, 1.82) is 0 Å². The van der Waals surface area contributed by atoms with E-state index in [-0.39, 0.29) is 0 Å². The molecule has 2 heteroatoms. The Morgan fingerprint density at radius 3 is 2.80 bits per heavy atom. The lowest BCUT2D eigenvalue weighted by Crippen LogP contribution is -2.33. The van der Waals surface area contributed by atoms with Crippen molar-refractivity contribution in [2.75, 3.05) is 13.7 Å². The quantitative estimate of drug-likeness (QED) is 0.617. The molecule has 1 aliphatic carbocycles. The van der Waals surface area contributed by atoms with Gasteiger partial charge in [0, 0.05) is 18.7 Å². The molecule has 0 bridgehead atoms. The molecule has 2 fully saturated rings. The Hall–Kier alpha value is -0.0800. The topological polar surface area (TPSA) is 21.3 Å². The predicted molar refractivity (Wildman–Crippen MR) is 40.0 cm³/mol. The zero-order chi connectivity index (χ0) is 7.03. The SMILES string of the molecule is COC[C@@H]1CCC2(CC2)N1. The van der Waals surface area contributed by atoms with Gasteiger partial charge < -0.3 is 10.1 Å². The minimum absolute atomic E-state index is 0.587. The van der Waals surface area contributed by atoms with E-state index in [4.69, 9.17) is 4.74 Å². The maximum atomic E-state index is 5.08. The van der Waals surface area contributed by atoms with Crippen LogP contribution in [0.3, 0.4) is 0 Å². The molecule has 58 valence electrons. The van der Waals surface area contributed by atoms with Crippen molar-refractivity contribution in [3.63, 3.8) is 0 Å². The molecule has 1 spiro atoms. The third-order valence-electron chi connectivity index (χ3n) is 2.70. The molecule has 0 amide bonds. The van der Waals surface area contributed by atoms with Crippen LogP contribution < -0.4 is 5.32 Å². The zero-order valence-corrected chi connectivity index (χ0v) is 6.52. The van der Waals surface area contributed by atoms with Crippen molar-refractivity contribution in [3.8, 4) is 0 Å². The predicted octanol–water partition coefficient (Wildman–Crippen LogP) is 0.917. The van der Waals surface area contributed by atoms with Crippen LogP contribution in [-0.4, -0.2) is 25.3 Å². The molecule has 0 aromatic rings. The summed E-state index contributed by atoms with van der Waals surface area (Å²) in [6, 6.07) is 0.646. The molecule has 2 rings (SSSR count). The van der Waals surface area contributed by atoms with Gasteiger partial charge in [0.15, 0.2) is 0 Å². The smallest absolute Gasteiger partial charge is 0.0616 e. The van der Waals surface area contributed by atoms with Crippen LogP contribution in [-0.2, 0) is 4.74 Å². The van der Waals surface area contributed by atoms with Gasteiger partial charge in [0.2, 0.25) is 0 Å². The van der Waals surface area contributed by atoms with Crippen LogP contribution in [0, 0.1) is 0 Å². The highest BCUT2D eigenvalue weighted by Crippen LogP contribution is 2.44. The summed E-state index contributed by atoms with van der Waals surface area (Å²) >= 11 is 0. The molecular weight excluding hydrogens is 126 g/mol. The fourth-order valence-electron chi connectivity index (χ4n) is 1.90. The van der Waals surface area contributed by atoms with Crippen LogP contribution in [0.15, 0.2) is 0 Å². The molecule has 1 atom stereocenters. The van der Waals surface area contributed by atoms with Gasteiger partial charge in [-0.25, -0.2) is 0 Å². The number of ether oxygens (including phenoxy) is 1. The normalized spacial score (nSPS) is 35.1. The standard InChI is InChI=1S/C8H15NO/c1-10-6-7-2-3-8(9-7)4-5-8/h7,9H,2-6H2,1H3/t7-/m0/s1. The Balaban J connectivity index is 1.82. The van der Waals surface area contributed by atoms with Crippen LogP contribution in [0.25, 0.3) is 0 Å². The summed E-state index contributed by atoms with van der Waals surface area (Å²) in [4.78, 5) is 0. The number of hydrogen-bond donors (Lipinski definition) is 1. The van der Waals surface area contributed by atoms with Crippen LogP contribution >= 0.6 is 0 Å². The third kappa shape index (κ3) is 1.06. The summed E-state index contributed by atoms with van der Waals surface area (Å²) in [5, 5.41) is 3.62. The van der Waals surface area contributed by atoms with E-state index in [1.54, 1.807) is 7.11 Å². The van der Waals surface area contributed by atoms with E-state index < -0.39 is 0 Å². The van der Waals surface area contributed by atoms with Crippen LogP contribution in [0.5, 0.6) is 0 Å². The van der Waals surface area contributed by atoms with Crippen molar-refractivity contribution in [1.82, 2.24) is 5.32 Å². The van der Waals surface area contributed by atoms with E-state index in [0.29, 0.717) is 11.6 Å². The summed E-state index contributed by atoms with van der Waals surface area (Å²) < 4.78 is 5.08. The summed E-state index contributed by atoms with van der Waals surface area (Å²) in [5.74, 6) is 0. The fraction of sp³-hybridized carbons (Fsp3) is 1.00. The lowest BCUT2D eigenvalue weighted by molar-refractivity contribution is 0.171. The average Bonchev–Trinajstić information content (AvgIpc) is 2.52. The van der Waals surface area contributed by atoms with E-state index in [1.807, 2.05) is 0 Å². The van der Waals surface area contributed by atoms with Crippen LogP contribution in [0.4, 0.5) is 0 Å². The van der Waals surface area contributed by atoms with E-state index in [1.165, 1.54) is 25.7 Å². The van der Waals surface area contributed by atoms with Gasteiger partial charge in [-0.05, 0) is 25.7 Å². The Morgan fingerprint density at radius 1 is 1.50 bits per heavy atom. The first-order valence-electron chi connectivity index (χ1n) is 4.11. The van der Waals surface area contributed by atoms with Gasteiger partial charge in [0.05, 0.1) is 6.61 Å². The Morgan fingerprint density at radius 2 is 2.30 bits per heavy atom. The molecule has 0 radical (unpaired) electrons. The van der Waals surface area contributed by atoms with Crippen LogP contribution in [0.2, 0.25) is 0 Å². The summed E-state index contributed by atoms with van der Waals surface area (Å²) in [6.45, 7) is 0.891. The number of methoxy groups -OCH3 is 1. The second-order valence-corrected chi connectivity index (χ2v) is 3.62. The van der Waals surface area contributed by atoms with Crippen molar-refractivity contribution in [2.45, 2.75) is 37.3 Å². The Bertz CT molecular complexity index is 131. The lowest BCUT2D eigenvalue weighted by atomic mass is 10.2. The molecule has 1 heterocycles. The van der Waals surface area contributed by atoms with E-state index in [9.17, 15) is 0 Å². The van der Waals surface area contributed by atoms with Gasteiger partial charge in [0.25, 0.3) is 0 Å². The van der Waals surface area contributed by atoms with Gasteiger partial charge in [-0.3, -0.25) is 0 Å². The van der Waals surface area contributed by atoms with Gasteiger partial charge >= 0.3 is 0 Å². The van der Waals surface area contributed by atoms with Gasteiger partial charge in [-0.1, -0.05) is 0 Å². The van der Waals surface area contributed by atoms with Crippen LogP contribution in [0.1, 0.15) is 25.7 Å². The second-order valence-electron chi connectivity index (χ2n) is 3.62. The van der Waals surface area contributed by atoms with E-state index >= 15 is 0 Å². The summed E-state index contributed by atoms with van der Waals surface area (Å²) in [7, 11) is 1.78. The number of nitrogens with one attached hydrogen (secondary N) is 1. The molecule has 0 aromatic heterocycles. The van der Waals surface area contributed by atoms with Crippen molar-refractivity contribution in [3.05, 3.63) is 0 Å². The Kier molecular flexibility index (Phi) is 1.46.